The van der Waals surface area contributed by atoms with Crippen molar-refractivity contribution in [3.05, 3.63) is 35.4 Å². The molecule has 84 valence electrons. The summed E-state index contributed by atoms with van der Waals surface area (Å²) in [6.45, 7) is 8.78. The summed E-state index contributed by atoms with van der Waals surface area (Å²) in [6, 6.07) is 8.79. The van der Waals surface area contributed by atoms with Gasteiger partial charge in [0.25, 0.3) is 0 Å². The van der Waals surface area contributed by atoms with Crippen molar-refractivity contribution in [2.45, 2.75) is 45.6 Å². The average Bonchev–Trinajstić information content (AvgIpc) is 2.17. The summed E-state index contributed by atoms with van der Waals surface area (Å²) in [5, 5.41) is 0. The number of benzene rings is 1. The van der Waals surface area contributed by atoms with Gasteiger partial charge < -0.3 is 4.74 Å². The van der Waals surface area contributed by atoms with Crippen LogP contribution in [0.25, 0.3) is 0 Å². The van der Waals surface area contributed by atoms with Gasteiger partial charge in [-0.25, -0.2) is 0 Å². The Hall–Kier alpha value is -0.820. The minimum atomic E-state index is 0.184. The highest BCUT2D eigenvalue weighted by atomic mass is 16.5. The zero-order chi connectivity index (χ0) is 11.5. The van der Waals surface area contributed by atoms with Crippen molar-refractivity contribution >= 4 is 0 Å². The van der Waals surface area contributed by atoms with E-state index in [4.69, 9.17) is 4.74 Å². The molecule has 1 unspecified atom stereocenters. The van der Waals surface area contributed by atoms with E-state index in [9.17, 15) is 0 Å². The first kappa shape index (κ1) is 12.3. The van der Waals surface area contributed by atoms with Crippen molar-refractivity contribution in [2.75, 3.05) is 7.11 Å². The van der Waals surface area contributed by atoms with Crippen molar-refractivity contribution in [2.24, 2.45) is 0 Å². The third-order valence-corrected chi connectivity index (χ3v) is 3.03. The van der Waals surface area contributed by atoms with Crippen LogP contribution in [0.15, 0.2) is 24.3 Å². The summed E-state index contributed by atoms with van der Waals surface area (Å²) in [7, 11) is 1.77. The van der Waals surface area contributed by atoms with Gasteiger partial charge in [-0.3, -0.25) is 0 Å². The molecule has 0 aliphatic rings. The topological polar surface area (TPSA) is 9.23 Å². The van der Waals surface area contributed by atoms with Crippen LogP contribution in [0.3, 0.4) is 0 Å². The molecule has 1 atom stereocenters. The van der Waals surface area contributed by atoms with Crippen LogP contribution in [0.5, 0.6) is 0 Å². The fraction of sp³-hybridized carbons (Fsp3) is 0.571. The molecule has 0 heterocycles. The largest absolute Gasteiger partial charge is 0.382 e. The molecule has 0 aliphatic heterocycles. The molecule has 0 spiro atoms. The standard InChI is InChI=1S/C14H22O/c1-11-6-8-13(9-7-11)14(3,4)10-12(2)15-5/h6-9,12H,10H2,1-5H3. The van der Waals surface area contributed by atoms with E-state index >= 15 is 0 Å². The van der Waals surface area contributed by atoms with Crippen molar-refractivity contribution in [3.8, 4) is 0 Å². The number of rotatable bonds is 4. The Morgan fingerprint density at radius 2 is 1.73 bits per heavy atom. The quantitative estimate of drug-likeness (QED) is 0.730. The Morgan fingerprint density at radius 1 is 1.20 bits per heavy atom. The molecule has 1 heteroatoms. The molecule has 0 aliphatic carbocycles. The smallest absolute Gasteiger partial charge is 0.0551 e. The SMILES string of the molecule is COC(C)CC(C)(C)c1ccc(C)cc1. The zero-order valence-corrected chi connectivity index (χ0v) is 10.5. The summed E-state index contributed by atoms with van der Waals surface area (Å²) < 4.78 is 5.33. The van der Waals surface area contributed by atoms with E-state index in [1.54, 1.807) is 7.11 Å². The lowest BCUT2D eigenvalue weighted by Crippen LogP contribution is -2.24. The number of hydrogen-bond donors (Lipinski definition) is 0. The molecule has 0 saturated heterocycles. The molecule has 0 bridgehead atoms. The lowest BCUT2D eigenvalue weighted by molar-refractivity contribution is 0.0927. The molecule has 1 aromatic rings. The molecule has 0 aromatic heterocycles. The predicted octanol–water partition coefficient (Wildman–Crippen LogP) is 3.70. The predicted molar refractivity (Wildman–Crippen MR) is 65.3 cm³/mol. The van der Waals surface area contributed by atoms with Gasteiger partial charge in [0.15, 0.2) is 0 Å². The van der Waals surface area contributed by atoms with E-state index in [2.05, 4.69) is 52.0 Å². The van der Waals surface area contributed by atoms with Gasteiger partial charge in [-0.1, -0.05) is 43.7 Å². The van der Waals surface area contributed by atoms with Crippen LogP contribution >= 0.6 is 0 Å². The molecule has 0 N–H and O–H groups in total. The lowest BCUT2D eigenvalue weighted by Gasteiger charge is -2.28. The molecule has 0 saturated carbocycles. The molecule has 0 radical (unpaired) electrons. The number of hydrogen-bond acceptors (Lipinski definition) is 1. The van der Waals surface area contributed by atoms with Crippen LogP contribution in [0.1, 0.15) is 38.3 Å². The molecule has 15 heavy (non-hydrogen) atoms. The fourth-order valence-corrected chi connectivity index (χ4v) is 1.92. The molecular weight excluding hydrogens is 184 g/mol. The molecule has 0 amide bonds. The van der Waals surface area contributed by atoms with Gasteiger partial charge in [0.1, 0.15) is 0 Å². The molecule has 1 aromatic carbocycles. The first-order valence-electron chi connectivity index (χ1n) is 5.55. The van der Waals surface area contributed by atoms with Gasteiger partial charge in [0, 0.05) is 7.11 Å². The zero-order valence-electron chi connectivity index (χ0n) is 10.5. The second-order valence-corrected chi connectivity index (χ2v) is 5.00. The van der Waals surface area contributed by atoms with Crippen molar-refractivity contribution in [1.82, 2.24) is 0 Å². The normalized spacial score (nSPS) is 13.9. The maximum absolute atomic E-state index is 5.33. The van der Waals surface area contributed by atoms with Gasteiger partial charge in [0.05, 0.1) is 6.10 Å². The van der Waals surface area contributed by atoms with E-state index in [0.717, 1.165) is 6.42 Å². The Balaban J connectivity index is 2.80. The molecule has 0 fully saturated rings. The maximum atomic E-state index is 5.33. The highest BCUT2D eigenvalue weighted by Crippen LogP contribution is 2.29. The summed E-state index contributed by atoms with van der Waals surface area (Å²) in [5.41, 5.74) is 2.88. The van der Waals surface area contributed by atoms with Crippen LogP contribution < -0.4 is 0 Å². The Labute approximate surface area is 93.5 Å². The van der Waals surface area contributed by atoms with Crippen LogP contribution in [-0.4, -0.2) is 13.2 Å². The minimum absolute atomic E-state index is 0.184. The van der Waals surface area contributed by atoms with E-state index in [0.29, 0.717) is 6.10 Å². The summed E-state index contributed by atoms with van der Waals surface area (Å²) in [4.78, 5) is 0. The third kappa shape index (κ3) is 3.35. The Kier molecular flexibility index (Phi) is 3.92. The number of ether oxygens (including phenoxy) is 1. The summed E-state index contributed by atoms with van der Waals surface area (Å²) in [6.07, 6.45) is 1.35. The first-order chi connectivity index (χ1) is 6.95. The Morgan fingerprint density at radius 3 is 2.20 bits per heavy atom. The Bertz CT molecular complexity index is 298. The van der Waals surface area contributed by atoms with Crippen LogP contribution in [0, 0.1) is 6.92 Å². The van der Waals surface area contributed by atoms with Gasteiger partial charge in [0.2, 0.25) is 0 Å². The minimum Gasteiger partial charge on any atom is -0.382 e. The monoisotopic (exact) mass is 206 g/mol. The van der Waals surface area contributed by atoms with Gasteiger partial charge >= 0.3 is 0 Å². The van der Waals surface area contributed by atoms with Gasteiger partial charge in [-0.2, -0.15) is 0 Å². The molecule has 1 nitrogen and oxygen atoms in total. The number of methoxy groups -OCH3 is 1. The second kappa shape index (κ2) is 4.80. The second-order valence-electron chi connectivity index (χ2n) is 5.00. The van der Waals surface area contributed by atoms with Crippen LogP contribution in [0.4, 0.5) is 0 Å². The summed E-state index contributed by atoms with van der Waals surface area (Å²) >= 11 is 0. The van der Waals surface area contributed by atoms with E-state index < -0.39 is 0 Å². The van der Waals surface area contributed by atoms with Crippen molar-refractivity contribution < 1.29 is 4.74 Å². The van der Waals surface area contributed by atoms with Crippen LogP contribution in [-0.2, 0) is 10.2 Å². The molecule has 1 rings (SSSR count). The molecular formula is C14H22O. The van der Waals surface area contributed by atoms with Gasteiger partial charge in [-0.05, 0) is 31.2 Å². The highest BCUT2D eigenvalue weighted by molar-refractivity contribution is 5.27. The van der Waals surface area contributed by atoms with E-state index in [-0.39, 0.29) is 5.41 Å². The summed E-state index contributed by atoms with van der Waals surface area (Å²) in [5.74, 6) is 0. The van der Waals surface area contributed by atoms with E-state index in [1.807, 2.05) is 0 Å². The third-order valence-electron chi connectivity index (χ3n) is 3.03. The first-order valence-corrected chi connectivity index (χ1v) is 5.55. The van der Waals surface area contributed by atoms with Crippen LogP contribution in [0.2, 0.25) is 0 Å². The maximum Gasteiger partial charge on any atom is 0.0551 e. The van der Waals surface area contributed by atoms with Crippen molar-refractivity contribution in [1.29, 1.82) is 0 Å². The highest BCUT2D eigenvalue weighted by Gasteiger charge is 2.22. The van der Waals surface area contributed by atoms with Gasteiger partial charge in [-0.15, -0.1) is 0 Å². The average molecular weight is 206 g/mol. The number of aryl methyl sites for hydroxylation is 1. The van der Waals surface area contributed by atoms with Crippen molar-refractivity contribution in [3.63, 3.8) is 0 Å². The van der Waals surface area contributed by atoms with E-state index in [1.165, 1.54) is 11.1 Å². The lowest BCUT2D eigenvalue weighted by atomic mass is 9.80. The fourth-order valence-electron chi connectivity index (χ4n) is 1.92.